The number of benzene rings is 2. The van der Waals surface area contributed by atoms with Crippen LogP contribution in [0.3, 0.4) is 0 Å². The first kappa shape index (κ1) is 28.6. The smallest absolute Gasteiger partial charge is 0.214 e. The molecule has 0 radical (unpaired) electrons. The van der Waals surface area contributed by atoms with Crippen LogP contribution in [0.25, 0.3) is 10.9 Å². The molecule has 0 aliphatic carbocycles. The molecular formula is C27H28F2N6O4S2. The second-order valence-corrected chi connectivity index (χ2v) is 12.7. The third-order valence-electron chi connectivity index (χ3n) is 6.81. The third-order valence-corrected chi connectivity index (χ3v) is 9.77. The monoisotopic (exact) mass is 602 g/mol. The molecule has 3 heterocycles. The largest absolute Gasteiger partial charge is 0.506 e. The molecular weight excluding hydrogens is 574 g/mol. The van der Waals surface area contributed by atoms with Gasteiger partial charge in [-0.1, -0.05) is 29.5 Å². The van der Waals surface area contributed by atoms with Gasteiger partial charge in [-0.25, -0.2) is 31.5 Å². The number of anilines is 3. The van der Waals surface area contributed by atoms with E-state index in [1.54, 1.807) is 18.2 Å². The third kappa shape index (κ3) is 6.39. The Morgan fingerprint density at radius 1 is 1.07 bits per heavy atom. The Hall–Kier alpha value is -3.88. The van der Waals surface area contributed by atoms with Crippen molar-refractivity contribution in [2.45, 2.75) is 25.3 Å². The van der Waals surface area contributed by atoms with Gasteiger partial charge in [-0.05, 0) is 49.6 Å². The lowest BCUT2D eigenvalue weighted by Crippen LogP contribution is -2.43. The Balaban J connectivity index is 1.10. The van der Waals surface area contributed by atoms with E-state index in [0.29, 0.717) is 55.4 Å². The number of hydrogen-bond acceptors (Lipinski definition) is 10. The molecule has 41 heavy (non-hydrogen) atoms. The van der Waals surface area contributed by atoms with E-state index in [0.717, 1.165) is 28.9 Å². The van der Waals surface area contributed by atoms with E-state index in [2.05, 4.69) is 20.6 Å². The van der Waals surface area contributed by atoms with Crippen LogP contribution in [0.2, 0.25) is 0 Å². The minimum Gasteiger partial charge on any atom is -0.506 e. The highest BCUT2D eigenvalue weighted by atomic mass is 32.2. The highest BCUT2D eigenvalue weighted by molar-refractivity contribution is 7.89. The maximum Gasteiger partial charge on any atom is 0.214 e. The van der Waals surface area contributed by atoms with Crippen LogP contribution in [0.1, 0.15) is 34.5 Å². The normalized spacial score (nSPS) is 14.8. The Kier molecular flexibility index (Phi) is 8.33. The lowest BCUT2D eigenvalue weighted by molar-refractivity contribution is 0.103. The van der Waals surface area contributed by atoms with Crippen molar-refractivity contribution in [3.8, 4) is 5.75 Å². The van der Waals surface area contributed by atoms with E-state index >= 15 is 0 Å². The van der Waals surface area contributed by atoms with Gasteiger partial charge in [0.2, 0.25) is 15.8 Å². The lowest BCUT2D eigenvalue weighted by Gasteiger charge is -2.31. The number of aromatic nitrogens is 2. The van der Waals surface area contributed by atoms with Crippen LogP contribution in [0.15, 0.2) is 48.5 Å². The van der Waals surface area contributed by atoms with Crippen molar-refractivity contribution in [2.24, 2.45) is 0 Å². The molecule has 216 valence electrons. The van der Waals surface area contributed by atoms with E-state index in [1.165, 1.54) is 10.4 Å². The van der Waals surface area contributed by atoms with Crippen LogP contribution < -0.4 is 16.4 Å². The van der Waals surface area contributed by atoms with Gasteiger partial charge in [-0.3, -0.25) is 4.79 Å². The zero-order valence-corrected chi connectivity index (χ0v) is 23.4. The lowest BCUT2D eigenvalue weighted by atomic mass is 10.1. The molecule has 0 atom stereocenters. The number of piperidine rings is 1. The number of aromatic hydroxyl groups is 1. The van der Waals surface area contributed by atoms with Gasteiger partial charge < -0.3 is 21.5 Å². The molecule has 2 aromatic carbocycles. The number of halogens is 2. The molecule has 0 bridgehead atoms. The summed E-state index contributed by atoms with van der Waals surface area (Å²) in [5.41, 5.74) is 5.67. The quantitative estimate of drug-likeness (QED) is 0.155. The number of thiazole rings is 1. The molecule has 14 heteroatoms. The van der Waals surface area contributed by atoms with Crippen LogP contribution in [0.4, 0.5) is 25.5 Å². The fourth-order valence-corrected chi connectivity index (χ4v) is 7.11. The first-order valence-corrected chi connectivity index (χ1v) is 15.4. The molecule has 5 N–H and O–H groups in total. The van der Waals surface area contributed by atoms with Gasteiger partial charge in [-0.15, -0.1) is 0 Å². The predicted molar refractivity (Wildman–Crippen MR) is 155 cm³/mol. The molecule has 1 aliphatic rings. The Bertz CT molecular complexity index is 1670. The molecule has 4 aromatic rings. The first-order valence-electron chi connectivity index (χ1n) is 12.9. The van der Waals surface area contributed by atoms with Crippen molar-refractivity contribution in [1.29, 1.82) is 0 Å². The topological polar surface area (TPSA) is 151 Å². The Morgan fingerprint density at radius 3 is 2.51 bits per heavy atom. The number of carbonyl (C=O) groups is 1. The summed E-state index contributed by atoms with van der Waals surface area (Å²) < 4.78 is 55.4. The maximum atomic E-state index is 14.1. The number of nitrogen functional groups attached to an aromatic ring is 1. The zero-order chi connectivity index (χ0) is 29.1. The SMILES string of the molecule is Nc1nc(NC2CCN(S(=O)(=O)CCCNc3ccc4cccc(O)c4n3)CC2)sc1C(=O)c1c(F)cccc1F. The molecule has 1 saturated heterocycles. The van der Waals surface area contributed by atoms with Crippen molar-refractivity contribution < 1.29 is 27.1 Å². The summed E-state index contributed by atoms with van der Waals surface area (Å²) in [5.74, 6) is -2.37. The van der Waals surface area contributed by atoms with Gasteiger partial charge in [0.15, 0.2) is 5.13 Å². The van der Waals surface area contributed by atoms with E-state index in [4.69, 9.17) is 5.73 Å². The summed E-state index contributed by atoms with van der Waals surface area (Å²) >= 11 is 0.905. The van der Waals surface area contributed by atoms with Crippen molar-refractivity contribution in [2.75, 3.05) is 41.8 Å². The predicted octanol–water partition coefficient (Wildman–Crippen LogP) is 4.20. The molecule has 0 spiro atoms. The number of pyridine rings is 1. The summed E-state index contributed by atoms with van der Waals surface area (Å²) in [6.07, 6.45) is 1.39. The summed E-state index contributed by atoms with van der Waals surface area (Å²) in [6.45, 7) is 1.02. The van der Waals surface area contributed by atoms with Crippen LogP contribution in [0.5, 0.6) is 5.75 Å². The molecule has 0 unspecified atom stereocenters. The average Bonchev–Trinajstić information content (AvgIpc) is 3.31. The number of fused-ring (bicyclic) bond motifs is 1. The maximum absolute atomic E-state index is 14.1. The summed E-state index contributed by atoms with van der Waals surface area (Å²) in [6, 6.07) is 11.8. The van der Waals surface area contributed by atoms with Crippen molar-refractivity contribution >= 4 is 54.8 Å². The molecule has 1 aliphatic heterocycles. The van der Waals surface area contributed by atoms with Crippen LogP contribution in [-0.2, 0) is 10.0 Å². The van der Waals surface area contributed by atoms with Gasteiger partial charge in [0.25, 0.3) is 0 Å². The van der Waals surface area contributed by atoms with Crippen molar-refractivity contribution in [3.05, 3.63) is 70.6 Å². The summed E-state index contributed by atoms with van der Waals surface area (Å²) in [4.78, 5) is 21.2. The van der Waals surface area contributed by atoms with Crippen LogP contribution >= 0.6 is 11.3 Å². The molecule has 2 aromatic heterocycles. The van der Waals surface area contributed by atoms with Gasteiger partial charge >= 0.3 is 0 Å². The van der Waals surface area contributed by atoms with Crippen LogP contribution in [-0.4, -0.2) is 65.0 Å². The number of phenols is 1. The number of nitrogens with one attached hydrogen (secondary N) is 2. The number of ketones is 1. The van der Waals surface area contributed by atoms with Crippen molar-refractivity contribution in [1.82, 2.24) is 14.3 Å². The van der Waals surface area contributed by atoms with Crippen LogP contribution in [0, 0.1) is 11.6 Å². The summed E-state index contributed by atoms with van der Waals surface area (Å²) in [7, 11) is -3.47. The highest BCUT2D eigenvalue weighted by Gasteiger charge is 2.29. The van der Waals surface area contributed by atoms with E-state index < -0.39 is 33.0 Å². The number of phenolic OH excluding ortho intramolecular Hbond substituents is 1. The van der Waals surface area contributed by atoms with E-state index in [9.17, 15) is 27.1 Å². The molecule has 0 amide bonds. The highest BCUT2D eigenvalue weighted by Crippen LogP contribution is 2.31. The molecule has 10 nitrogen and oxygen atoms in total. The van der Waals surface area contributed by atoms with E-state index in [1.807, 2.05) is 12.1 Å². The zero-order valence-electron chi connectivity index (χ0n) is 21.8. The number of hydrogen-bond donors (Lipinski definition) is 4. The van der Waals surface area contributed by atoms with Gasteiger partial charge in [0.1, 0.15) is 39.4 Å². The number of nitrogens with two attached hydrogens (primary N) is 1. The van der Waals surface area contributed by atoms with Gasteiger partial charge in [0, 0.05) is 31.1 Å². The molecule has 5 rings (SSSR count). The second kappa shape index (κ2) is 11.9. The number of nitrogens with zero attached hydrogens (tertiary/aromatic N) is 3. The minimum absolute atomic E-state index is 0.0297. The Morgan fingerprint density at radius 2 is 1.78 bits per heavy atom. The first-order chi connectivity index (χ1) is 19.6. The number of rotatable bonds is 10. The second-order valence-electron chi connectivity index (χ2n) is 9.62. The fourth-order valence-electron chi connectivity index (χ4n) is 4.67. The summed E-state index contributed by atoms with van der Waals surface area (Å²) in [5, 5.41) is 17.4. The average molecular weight is 603 g/mol. The number of sulfonamides is 1. The molecule has 0 saturated carbocycles. The number of para-hydroxylation sites is 1. The van der Waals surface area contributed by atoms with Gasteiger partial charge in [-0.2, -0.15) is 0 Å². The Labute approximate surface area is 239 Å². The van der Waals surface area contributed by atoms with Crippen molar-refractivity contribution in [3.63, 3.8) is 0 Å². The minimum atomic E-state index is -3.47. The standard InChI is InChI=1S/C27H28F2N6O4S2/c28-18-5-2-6-19(29)22(18)24(37)25-26(30)34-27(40-25)32-17-10-13-35(14-11-17)41(38,39)15-3-12-31-21-9-8-16-4-1-7-20(36)23(16)33-21/h1-2,4-9,17,36H,3,10-15,30H2,(H,31,33)(H,32,34). The van der Waals surface area contributed by atoms with Gasteiger partial charge in [0.05, 0.1) is 11.3 Å². The number of carbonyl (C=O) groups excluding carboxylic acids is 1. The fraction of sp³-hybridized carbons (Fsp3) is 0.296. The van der Waals surface area contributed by atoms with E-state index in [-0.39, 0.29) is 28.2 Å². The molecule has 1 fully saturated rings.